The van der Waals surface area contributed by atoms with Gasteiger partial charge in [-0.2, -0.15) is 4.99 Å². The summed E-state index contributed by atoms with van der Waals surface area (Å²) in [5.74, 6) is 0.0322. The van der Waals surface area contributed by atoms with Crippen LogP contribution in [0.25, 0.3) is 0 Å². The quantitative estimate of drug-likeness (QED) is 0.388. The molecule has 0 aliphatic rings. The molecule has 0 spiro atoms. The number of halogens is 1. The van der Waals surface area contributed by atoms with Crippen molar-refractivity contribution >= 4 is 29.6 Å². The van der Waals surface area contributed by atoms with Crippen molar-refractivity contribution < 1.29 is 19.2 Å². The Morgan fingerprint density at radius 3 is 2.61 bits per heavy atom. The third-order valence-corrected chi connectivity index (χ3v) is 2.46. The van der Waals surface area contributed by atoms with Gasteiger partial charge in [-0.25, -0.2) is 4.79 Å². The van der Waals surface area contributed by atoms with Gasteiger partial charge in [-0.1, -0.05) is 11.6 Å². The Morgan fingerprint density at radius 2 is 2.09 bits per heavy atom. The second kappa shape index (κ2) is 7.59. The van der Waals surface area contributed by atoms with E-state index in [4.69, 9.17) is 26.8 Å². The first-order valence-electron chi connectivity index (χ1n) is 6.43. The monoisotopic (exact) mass is 341 g/mol. The molecule has 2 N–H and O–H groups in total. The molecular weight excluding hydrogens is 326 g/mol. The molecule has 0 heterocycles. The van der Waals surface area contributed by atoms with E-state index in [9.17, 15) is 14.9 Å². The van der Waals surface area contributed by atoms with Crippen molar-refractivity contribution in [1.82, 2.24) is 0 Å². The lowest BCUT2D eigenvalue weighted by Gasteiger charge is -2.16. The molecule has 23 heavy (non-hydrogen) atoms. The minimum Gasteiger partial charge on any atom is -0.442 e. The lowest BCUT2D eigenvalue weighted by Crippen LogP contribution is -2.21. The van der Waals surface area contributed by atoms with Gasteiger partial charge >= 0.3 is 6.09 Å². The van der Waals surface area contributed by atoms with Crippen molar-refractivity contribution in [2.24, 2.45) is 10.7 Å². The molecule has 0 bridgehead atoms. The topological polar surface area (TPSA) is 117 Å². The molecule has 1 rings (SSSR count). The van der Waals surface area contributed by atoms with Crippen molar-refractivity contribution in [2.45, 2.75) is 26.4 Å². The van der Waals surface area contributed by atoms with Crippen LogP contribution >= 0.6 is 11.6 Å². The number of amides is 1. The fourth-order valence-electron chi connectivity index (χ4n) is 1.31. The van der Waals surface area contributed by atoms with E-state index in [0.717, 1.165) is 12.3 Å². The van der Waals surface area contributed by atoms with E-state index in [0.29, 0.717) is 0 Å². The van der Waals surface area contributed by atoms with E-state index in [1.807, 2.05) is 0 Å². The number of benzene rings is 1. The molecule has 0 saturated heterocycles. The highest BCUT2D eigenvalue weighted by atomic mass is 35.5. The molecule has 0 aliphatic carbocycles. The number of ether oxygens (including phenoxy) is 2. The van der Waals surface area contributed by atoms with Gasteiger partial charge in [0, 0.05) is 24.4 Å². The van der Waals surface area contributed by atoms with Gasteiger partial charge in [-0.3, -0.25) is 10.1 Å². The minimum atomic E-state index is -0.769. The summed E-state index contributed by atoms with van der Waals surface area (Å²) in [4.78, 5) is 24.9. The van der Waals surface area contributed by atoms with Crippen LogP contribution in [-0.4, -0.2) is 22.8 Å². The molecule has 1 amide bonds. The molecule has 0 fully saturated rings. The van der Waals surface area contributed by atoms with E-state index in [-0.39, 0.29) is 22.3 Å². The third kappa shape index (κ3) is 6.79. The summed E-state index contributed by atoms with van der Waals surface area (Å²) in [5, 5.41) is 10.6. The molecule has 124 valence electrons. The molecule has 0 aromatic heterocycles. The van der Waals surface area contributed by atoms with Crippen molar-refractivity contribution in [3.63, 3.8) is 0 Å². The fraction of sp³-hybridized carbons (Fsp3) is 0.286. The third-order valence-electron chi connectivity index (χ3n) is 2.17. The van der Waals surface area contributed by atoms with Crippen LogP contribution in [0.15, 0.2) is 35.2 Å². The van der Waals surface area contributed by atoms with Gasteiger partial charge in [-0.05, 0) is 26.8 Å². The molecule has 1 aromatic carbocycles. The molecule has 8 nitrogen and oxygen atoms in total. The van der Waals surface area contributed by atoms with E-state index in [2.05, 4.69) is 4.99 Å². The molecular formula is C14H16ClN3O5. The van der Waals surface area contributed by atoms with Crippen molar-refractivity contribution in [3.05, 3.63) is 45.3 Å². The first kappa shape index (κ1) is 18.4. The highest BCUT2D eigenvalue weighted by Gasteiger charge is 2.14. The molecule has 0 atom stereocenters. The summed E-state index contributed by atoms with van der Waals surface area (Å²) in [6.07, 6.45) is 1.57. The zero-order valence-electron chi connectivity index (χ0n) is 12.8. The maximum absolute atomic E-state index is 11.3. The van der Waals surface area contributed by atoms with Crippen LogP contribution in [0, 0.1) is 10.1 Å². The first-order chi connectivity index (χ1) is 10.6. The van der Waals surface area contributed by atoms with Crippen LogP contribution in [0.4, 0.5) is 10.5 Å². The predicted octanol–water partition coefficient (Wildman–Crippen LogP) is 3.43. The summed E-state index contributed by atoms with van der Waals surface area (Å²) in [6, 6.07) is 3.68. The molecule has 0 unspecified atom stereocenters. The molecule has 0 saturated carbocycles. The molecule has 1 aromatic rings. The van der Waals surface area contributed by atoms with Crippen molar-refractivity contribution in [3.8, 4) is 5.75 Å². The normalized spacial score (nSPS) is 12.3. The zero-order chi connectivity index (χ0) is 17.6. The van der Waals surface area contributed by atoms with E-state index in [1.54, 1.807) is 20.8 Å². The molecule has 9 heteroatoms. The average molecular weight is 342 g/mol. The number of hydrogen-bond acceptors (Lipinski definition) is 6. The smallest absolute Gasteiger partial charge is 0.434 e. The van der Waals surface area contributed by atoms with Crippen LogP contribution in [0.2, 0.25) is 5.02 Å². The van der Waals surface area contributed by atoms with Gasteiger partial charge in [-0.15, -0.1) is 0 Å². The van der Waals surface area contributed by atoms with Gasteiger partial charge in [0.15, 0.2) is 5.88 Å². The van der Waals surface area contributed by atoms with Gasteiger partial charge in [0.2, 0.25) is 0 Å². The largest absolute Gasteiger partial charge is 0.442 e. The van der Waals surface area contributed by atoms with Crippen LogP contribution < -0.4 is 10.5 Å². The summed E-state index contributed by atoms with van der Waals surface area (Å²) in [5.41, 5.74) is 4.77. The maximum atomic E-state index is 11.3. The van der Waals surface area contributed by atoms with E-state index >= 15 is 0 Å². The number of nitro benzene ring substituents is 1. The van der Waals surface area contributed by atoms with E-state index in [1.165, 1.54) is 18.2 Å². The van der Waals surface area contributed by atoms with Crippen LogP contribution in [0.5, 0.6) is 5.75 Å². The number of non-ortho nitro benzene ring substituents is 1. The maximum Gasteiger partial charge on any atom is 0.434 e. The predicted molar refractivity (Wildman–Crippen MR) is 85.7 cm³/mol. The number of aliphatic imine (C=N–C) groups is 1. The number of nitro groups is 1. The first-order valence-corrected chi connectivity index (χ1v) is 6.81. The number of allylic oxidation sites excluding steroid dienone is 1. The SMILES string of the molecule is CC(C)(C)OC(=O)/N=C/C=C(\N)Oc1ccc([N+](=O)[O-])cc1Cl. The Hall–Kier alpha value is -2.61. The number of hydrogen-bond donors (Lipinski definition) is 1. The zero-order valence-corrected chi connectivity index (χ0v) is 13.5. The molecule has 0 aliphatic heterocycles. The Labute approximate surface area is 137 Å². The minimum absolute atomic E-state index is 0.0274. The lowest BCUT2D eigenvalue weighted by atomic mass is 10.2. The van der Waals surface area contributed by atoms with Gasteiger partial charge in [0.25, 0.3) is 5.69 Å². The summed E-state index contributed by atoms with van der Waals surface area (Å²) in [7, 11) is 0. The second-order valence-electron chi connectivity index (χ2n) is 5.30. The Balaban J connectivity index is 2.70. The van der Waals surface area contributed by atoms with Crippen LogP contribution in [0.3, 0.4) is 0 Å². The number of rotatable bonds is 4. The van der Waals surface area contributed by atoms with Gasteiger partial charge in [0.05, 0.1) is 9.95 Å². The number of nitrogens with zero attached hydrogens (tertiary/aromatic N) is 2. The lowest BCUT2D eigenvalue weighted by molar-refractivity contribution is -0.384. The Bertz CT molecular complexity index is 665. The highest BCUT2D eigenvalue weighted by Crippen LogP contribution is 2.29. The van der Waals surface area contributed by atoms with E-state index < -0.39 is 16.6 Å². The summed E-state index contributed by atoms with van der Waals surface area (Å²) >= 11 is 5.85. The second-order valence-corrected chi connectivity index (χ2v) is 5.71. The fourth-order valence-corrected chi connectivity index (χ4v) is 1.52. The Morgan fingerprint density at radius 1 is 1.43 bits per heavy atom. The van der Waals surface area contributed by atoms with Gasteiger partial charge in [0.1, 0.15) is 11.4 Å². The highest BCUT2D eigenvalue weighted by molar-refractivity contribution is 6.32. The number of carbonyl (C=O) groups is 1. The summed E-state index contributed by atoms with van der Waals surface area (Å²) in [6.45, 7) is 5.14. The average Bonchev–Trinajstić information content (AvgIpc) is 2.38. The van der Waals surface area contributed by atoms with Crippen molar-refractivity contribution in [1.29, 1.82) is 0 Å². The van der Waals surface area contributed by atoms with Crippen LogP contribution in [0.1, 0.15) is 20.8 Å². The van der Waals surface area contributed by atoms with Crippen molar-refractivity contribution in [2.75, 3.05) is 0 Å². The number of nitrogens with two attached hydrogens (primary N) is 1. The van der Waals surface area contributed by atoms with Crippen LogP contribution in [-0.2, 0) is 4.74 Å². The standard InChI is InChI=1S/C14H16ClN3O5/c1-14(2,3)23-13(19)17-7-6-12(16)22-11-5-4-9(18(20)21)8-10(11)15/h4-8H,16H2,1-3H3/b12-6+,17-7+. The Kier molecular flexibility index (Phi) is 6.09. The van der Waals surface area contributed by atoms with Gasteiger partial charge < -0.3 is 15.2 Å². The molecule has 0 radical (unpaired) electrons. The summed E-state index contributed by atoms with van der Waals surface area (Å²) < 4.78 is 10.2. The number of carbonyl (C=O) groups excluding carboxylic acids is 1.